The maximum absolute atomic E-state index is 12.6. The molecule has 0 saturated heterocycles. The van der Waals surface area contributed by atoms with E-state index in [0.717, 1.165) is 43.4 Å². The minimum Gasteiger partial charge on any atom is -0.454 e. The van der Waals surface area contributed by atoms with Crippen molar-refractivity contribution in [3.63, 3.8) is 0 Å². The summed E-state index contributed by atoms with van der Waals surface area (Å²) in [7, 11) is 0. The lowest BCUT2D eigenvalue weighted by atomic mass is 9.81. The summed E-state index contributed by atoms with van der Waals surface area (Å²) in [4.78, 5) is 16.9. The molecule has 1 saturated carbocycles. The SMILES string of the molecule is Cc1nc(C2(NC(=O)/C=C/c3ccc4c(c3)OCO4)CCCCC2)no1. The predicted octanol–water partition coefficient (Wildman–Crippen LogP) is 3.10. The van der Waals surface area contributed by atoms with Gasteiger partial charge in [-0.15, -0.1) is 0 Å². The Labute approximate surface area is 151 Å². The number of nitrogens with one attached hydrogen (secondary N) is 1. The molecule has 2 aliphatic rings. The number of carbonyl (C=O) groups excluding carboxylic acids is 1. The van der Waals surface area contributed by atoms with Crippen molar-refractivity contribution in [3.05, 3.63) is 41.6 Å². The van der Waals surface area contributed by atoms with Crippen LogP contribution >= 0.6 is 0 Å². The fraction of sp³-hybridized carbons (Fsp3) is 0.421. The topological polar surface area (TPSA) is 86.5 Å². The number of nitrogens with zero attached hydrogens (tertiary/aromatic N) is 2. The third kappa shape index (κ3) is 3.29. The smallest absolute Gasteiger partial charge is 0.244 e. The van der Waals surface area contributed by atoms with E-state index in [1.807, 2.05) is 18.2 Å². The van der Waals surface area contributed by atoms with Gasteiger partial charge in [0.05, 0.1) is 0 Å². The molecule has 0 bridgehead atoms. The van der Waals surface area contributed by atoms with Crippen LogP contribution in [0.3, 0.4) is 0 Å². The summed E-state index contributed by atoms with van der Waals surface area (Å²) >= 11 is 0. The van der Waals surface area contributed by atoms with E-state index >= 15 is 0 Å². The van der Waals surface area contributed by atoms with Crippen LogP contribution < -0.4 is 14.8 Å². The fourth-order valence-electron chi connectivity index (χ4n) is 3.52. The van der Waals surface area contributed by atoms with Gasteiger partial charge in [0.1, 0.15) is 5.54 Å². The van der Waals surface area contributed by atoms with E-state index in [-0.39, 0.29) is 12.7 Å². The fourth-order valence-corrected chi connectivity index (χ4v) is 3.52. The Morgan fingerprint density at radius 2 is 2.00 bits per heavy atom. The number of carbonyl (C=O) groups is 1. The number of aromatic nitrogens is 2. The van der Waals surface area contributed by atoms with Crippen molar-refractivity contribution in [2.75, 3.05) is 6.79 Å². The van der Waals surface area contributed by atoms with E-state index in [9.17, 15) is 4.79 Å². The summed E-state index contributed by atoms with van der Waals surface area (Å²) in [5.41, 5.74) is 0.323. The first-order chi connectivity index (χ1) is 12.6. The van der Waals surface area contributed by atoms with Gasteiger partial charge in [0, 0.05) is 13.0 Å². The lowest BCUT2D eigenvalue weighted by molar-refractivity contribution is -0.119. The molecular formula is C19H21N3O4. The van der Waals surface area contributed by atoms with Crippen molar-refractivity contribution in [2.24, 2.45) is 0 Å². The van der Waals surface area contributed by atoms with E-state index < -0.39 is 5.54 Å². The number of hydrogen-bond donors (Lipinski definition) is 1. The lowest BCUT2D eigenvalue weighted by Gasteiger charge is -2.34. The average Bonchev–Trinajstić information content (AvgIpc) is 3.29. The van der Waals surface area contributed by atoms with Crippen LogP contribution in [0.4, 0.5) is 0 Å². The number of fused-ring (bicyclic) bond motifs is 1. The number of benzene rings is 1. The second kappa shape index (κ2) is 6.82. The van der Waals surface area contributed by atoms with E-state index in [0.29, 0.717) is 17.5 Å². The summed E-state index contributed by atoms with van der Waals surface area (Å²) < 4.78 is 15.8. The standard InChI is InChI=1S/C19H21N3O4/c1-13-20-18(22-26-13)19(9-3-2-4-10-19)21-17(23)8-6-14-5-7-15-16(11-14)25-12-24-15/h5-8,11H,2-4,9-10,12H2,1H3,(H,21,23)/b8-6+. The van der Waals surface area contributed by atoms with Crippen LogP contribution in [-0.2, 0) is 10.3 Å². The molecule has 26 heavy (non-hydrogen) atoms. The van der Waals surface area contributed by atoms with Crippen LogP contribution in [0.2, 0.25) is 0 Å². The largest absolute Gasteiger partial charge is 0.454 e. The van der Waals surface area contributed by atoms with Crippen molar-refractivity contribution in [1.82, 2.24) is 15.5 Å². The second-order valence-electron chi connectivity index (χ2n) is 6.72. The molecule has 0 radical (unpaired) electrons. The molecule has 4 rings (SSSR count). The summed E-state index contributed by atoms with van der Waals surface area (Å²) in [6.45, 7) is 1.99. The Bertz CT molecular complexity index is 837. The van der Waals surface area contributed by atoms with Crippen molar-refractivity contribution in [3.8, 4) is 11.5 Å². The number of aryl methyl sites for hydroxylation is 1. The Kier molecular flexibility index (Phi) is 4.36. The molecule has 1 aromatic heterocycles. The van der Waals surface area contributed by atoms with Gasteiger partial charge in [0.2, 0.25) is 18.6 Å². The highest BCUT2D eigenvalue weighted by Gasteiger charge is 2.39. The number of rotatable bonds is 4. The molecular weight excluding hydrogens is 334 g/mol. The predicted molar refractivity (Wildman–Crippen MR) is 93.5 cm³/mol. The van der Waals surface area contributed by atoms with Crippen LogP contribution in [0.15, 0.2) is 28.8 Å². The minimum absolute atomic E-state index is 0.174. The Hall–Kier alpha value is -2.83. The lowest BCUT2D eigenvalue weighted by Crippen LogP contribution is -2.47. The van der Waals surface area contributed by atoms with Gasteiger partial charge in [-0.3, -0.25) is 4.79 Å². The Morgan fingerprint density at radius 3 is 2.77 bits per heavy atom. The first-order valence-corrected chi connectivity index (χ1v) is 8.85. The molecule has 1 N–H and O–H groups in total. The van der Waals surface area contributed by atoms with Crippen LogP contribution in [-0.4, -0.2) is 22.8 Å². The molecule has 136 valence electrons. The van der Waals surface area contributed by atoms with Gasteiger partial charge < -0.3 is 19.3 Å². The Balaban J connectivity index is 1.50. The van der Waals surface area contributed by atoms with Crippen LogP contribution in [0, 0.1) is 6.92 Å². The molecule has 1 aliphatic heterocycles. The average molecular weight is 355 g/mol. The molecule has 7 heteroatoms. The molecule has 7 nitrogen and oxygen atoms in total. The third-order valence-electron chi connectivity index (χ3n) is 4.85. The highest BCUT2D eigenvalue weighted by Crippen LogP contribution is 2.36. The molecule has 1 fully saturated rings. The third-order valence-corrected chi connectivity index (χ3v) is 4.85. The first kappa shape index (κ1) is 16.6. The van der Waals surface area contributed by atoms with Gasteiger partial charge in [-0.1, -0.05) is 30.5 Å². The summed E-state index contributed by atoms with van der Waals surface area (Å²) in [5.74, 6) is 2.32. The van der Waals surface area contributed by atoms with Crippen molar-refractivity contribution < 1.29 is 18.8 Å². The molecule has 0 spiro atoms. The van der Waals surface area contributed by atoms with Gasteiger partial charge in [-0.05, 0) is 36.6 Å². The first-order valence-electron chi connectivity index (χ1n) is 8.85. The highest BCUT2D eigenvalue weighted by molar-refractivity contribution is 5.92. The highest BCUT2D eigenvalue weighted by atomic mass is 16.7. The quantitative estimate of drug-likeness (QED) is 0.848. The Morgan fingerprint density at radius 1 is 1.19 bits per heavy atom. The van der Waals surface area contributed by atoms with Crippen LogP contribution in [0.25, 0.3) is 6.08 Å². The van der Waals surface area contributed by atoms with Gasteiger partial charge in [-0.25, -0.2) is 0 Å². The maximum atomic E-state index is 12.6. The molecule has 2 heterocycles. The van der Waals surface area contributed by atoms with E-state index in [2.05, 4.69) is 15.5 Å². The van der Waals surface area contributed by atoms with Gasteiger partial charge in [0.25, 0.3) is 0 Å². The molecule has 1 aromatic carbocycles. The number of hydrogen-bond acceptors (Lipinski definition) is 6. The van der Waals surface area contributed by atoms with Crippen LogP contribution in [0.1, 0.15) is 49.4 Å². The van der Waals surface area contributed by atoms with Crippen molar-refractivity contribution in [1.29, 1.82) is 0 Å². The van der Waals surface area contributed by atoms with Gasteiger partial charge in [-0.2, -0.15) is 4.98 Å². The van der Waals surface area contributed by atoms with Gasteiger partial charge >= 0.3 is 0 Å². The maximum Gasteiger partial charge on any atom is 0.244 e. The molecule has 1 aliphatic carbocycles. The monoisotopic (exact) mass is 355 g/mol. The zero-order valence-corrected chi connectivity index (χ0v) is 14.7. The van der Waals surface area contributed by atoms with Crippen molar-refractivity contribution >= 4 is 12.0 Å². The summed E-state index contributed by atoms with van der Waals surface area (Å²) in [6, 6.07) is 5.58. The zero-order chi connectivity index (χ0) is 18.0. The zero-order valence-electron chi connectivity index (χ0n) is 14.7. The van der Waals surface area contributed by atoms with Crippen molar-refractivity contribution in [2.45, 2.75) is 44.6 Å². The molecule has 1 amide bonds. The number of amides is 1. The van der Waals surface area contributed by atoms with Crippen LogP contribution in [0.5, 0.6) is 11.5 Å². The van der Waals surface area contributed by atoms with E-state index in [1.165, 1.54) is 6.08 Å². The second-order valence-corrected chi connectivity index (χ2v) is 6.72. The molecule has 0 unspecified atom stereocenters. The molecule has 2 aromatic rings. The van der Waals surface area contributed by atoms with E-state index in [4.69, 9.17) is 14.0 Å². The summed E-state index contributed by atoms with van der Waals surface area (Å²) in [5, 5.41) is 7.18. The summed E-state index contributed by atoms with van der Waals surface area (Å²) in [6.07, 6.45) is 8.13. The minimum atomic E-state index is -0.549. The number of ether oxygens (including phenoxy) is 2. The van der Waals surface area contributed by atoms with Gasteiger partial charge in [0.15, 0.2) is 17.3 Å². The normalized spacial score (nSPS) is 18.2. The molecule has 0 atom stereocenters. The van der Waals surface area contributed by atoms with E-state index in [1.54, 1.807) is 13.0 Å².